The Morgan fingerprint density at radius 2 is 2.25 bits per heavy atom. The van der Waals surface area contributed by atoms with Crippen LogP contribution in [0.3, 0.4) is 0 Å². The lowest BCUT2D eigenvalue weighted by atomic mass is 10.1. The summed E-state index contributed by atoms with van der Waals surface area (Å²) >= 11 is 0. The van der Waals surface area contributed by atoms with Crippen LogP contribution in [0, 0.1) is 10.1 Å². The molecule has 0 aromatic heterocycles. The number of carboxylic acid groups (broad SMARTS) is 1. The second-order valence-electron chi connectivity index (χ2n) is 4.01. The van der Waals surface area contributed by atoms with E-state index in [2.05, 4.69) is 0 Å². The quantitative estimate of drug-likeness (QED) is 0.467. The first-order valence-electron chi connectivity index (χ1n) is 5.79. The van der Waals surface area contributed by atoms with Crippen LogP contribution in [-0.2, 0) is 9.53 Å². The first-order chi connectivity index (χ1) is 9.43. The summed E-state index contributed by atoms with van der Waals surface area (Å²) in [6.07, 6.45) is 2.00. The van der Waals surface area contributed by atoms with Crippen LogP contribution < -0.4 is 4.74 Å². The lowest BCUT2D eigenvalue weighted by Crippen LogP contribution is -2.16. The van der Waals surface area contributed by atoms with Crippen molar-refractivity contribution >= 4 is 17.7 Å². The molecular weight excluding hydrogens is 266 g/mol. The Balaban J connectivity index is 3.02. The van der Waals surface area contributed by atoms with Crippen molar-refractivity contribution in [3.63, 3.8) is 0 Å². The van der Waals surface area contributed by atoms with Crippen molar-refractivity contribution in [3.8, 4) is 5.75 Å². The first kappa shape index (κ1) is 15.6. The van der Waals surface area contributed by atoms with Gasteiger partial charge in [-0.05, 0) is 19.1 Å². The predicted molar refractivity (Wildman–Crippen MR) is 71.7 cm³/mol. The molecule has 0 spiro atoms. The average Bonchev–Trinajstić information content (AvgIpc) is 2.42. The number of carbonyl (C=O) groups is 1. The van der Waals surface area contributed by atoms with E-state index in [1.165, 1.54) is 31.4 Å². The van der Waals surface area contributed by atoms with E-state index in [-0.39, 0.29) is 18.4 Å². The van der Waals surface area contributed by atoms with Gasteiger partial charge in [-0.25, -0.2) is 4.79 Å². The average molecular weight is 281 g/mol. The van der Waals surface area contributed by atoms with Crippen LogP contribution in [0.25, 0.3) is 6.08 Å². The van der Waals surface area contributed by atoms with Crippen molar-refractivity contribution < 1.29 is 24.3 Å². The van der Waals surface area contributed by atoms with Gasteiger partial charge in [-0.1, -0.05) is 0 Å². The molecule has 1 unspecified atom stereocenters. The van der Waals surface area contributed by atoms with Crippen molar-refractivity contribution in [2.45, 2.75) is 13.0 Å². The van der Waals surface area contributed by atoms with Crippen LogP contribution in [-0.4, -0.2) is 35.8 Å². The highest BCUT2D eigenvalue weighted by Crippen LogP contribution is 2.25. The molecule has 20 heavy (non-hydrogen) atoms. The Morgan fingerprint density at radius 1 is 1.55 bits per heavy atom. The molecule has 0 aliphatic carbocycles. The lowest BCUT2D eigenvalue weighted by Gasteiger charge is -2.13. The number of hydrogen-bond acceptors (Lipinski definition) is 5. The molecule has 1 atom stereocenters. The number of rotatable bonds is 7. The monoisotopic (exact) mass is 281 g/mol. The summed E-state index contributed by atoms with van der Waals surface area (Å²) in [5.41, 5.74) is 0.187. The summed E-state index contributed by atoms with van der Waals surface area (Å²) in [6.45, 7) is 2.06. The van der Waals surface area contributed by atoms with Crippen LogP contribution in [0.5, 0.6) is 5.75 Å². The van der Waals surface area contributed by atoms with Crippen LogP contribution >= 0.6 is 0 Å². The summed E-state index contributed by atoms with van der Waals surface area (Å²) < 4.78 is 10.5. The predicted octanol–water partition coefficient (Wildman–Crippen LogP) is 2.11. The third-order valence-electron chi connectivity index (χ3n) is 2.49. The minimum atomic E-state index is -1.15. The number of non-ortho nitro benzene ring substituents is 1. The molecule has 0 radical (unpaired) electrons. The second kappa shape index (κ2) is 7.25. The van der Waals surface area contributed by atoms with E-state index in [1.54, 1.807) is 6.92 Å². The molecular formula is C13H15NO6. The zero-order chi connectivity index (χ0) is 15.1. The summed E-state index contributed by atoms with van der Waals surface area (Å²) in [4.78, 5) is 20.7. The van der Waals surface area contributed by atoms with E-state index in [0.29, 0.717) is 11.3 Å². The number of hydrogen-bond donors (Lipinski definition) is 1. The summed E-state index contributed by atoms with van der Waals surface area (Å²) in [6, 6.07) is 3.99. The summed E-state index contributed by atoms with van der Waals surface area (Å²) in [5, 5.41) is 19.3. The number of carboxylic acids is 1. The van der Waals surface area contributed by atoms with E-state index >= 15 is 0 Å². The van der Waals surface area contributed by atoms with Gasteiger partial charge in [-0.15, -0.1) is 0 Å². The molecule has 0 amide bonds. The molecule has 0 fully saturated rings. The van der Waals surface area contributed by atoms with Crippen LogP contribution in [0.2, 0.25) is 0 Å². The van der Waals surface area contributed by atoms with Crippen LogP contribution in [0.4, 0.5) is 5.69 Å². The van der Waals surface area contributed by atoms with E-state index in [1.807, 2.05) is 0 Å². The third-order valence-corrected chi connectivity index (χ3v) is 2.49. The van der Waals surface area contributed by atoms with Crippen molar-refractivity contribution in [2.24, 2.45) is 0 Å². The molecule has 0 bridgehead atoms. The largest absolute Gasteiger partial charge is 0.490 e. The van der Waals surface area contributed by atoms with Gasteiger partial charge in [0.1, 0.15) is 12.4 Å². The molecule has 0 saturated heterocycles. The normalized spacial score (nSPS) is 12.3. The third kappa shape index (κ3) is 4.69. The van der Waals surface area contributed by atoms with E-state index < -0.39 is 10.9 Å². The number of ether oxygens (including phenoxy) is 2. The number of aliphatic carboxylic acids is 1. The van der Waals surface area contributed by atoms with Crippen LogP contribution in [0.15, 0.2) is 24.3 Å². The fourth-order valence-corrected chi connectivity index (χ4v) is 1.35. The maximum atomic E-state index is 10.7. The highest BCUT2D eigenvalue weighted by atomic mass is 16.6. The number of benzene rings is 1. The standard InChI is InChI=1S/C13H15NO6/c1-9(19-2)8-20-12-5-4-11(14(17)18)7-10(12)3-6-13(15)16/h3-7,9H,8H2,1-2H3,(H,15,16)/b6-3+. The lowest BCUT2D eigenvalue weighted by molar-refractivity contribution is -0.384. The maximum absolute atomic E-state index is 10.7. The van der Waals surface area contributed by atoms with Gasteiger partial charge in [-0.3, -0.25) is 10.1 Å². The minimum absolute atomic E-state index is 0.137. The Kier molecular flexibility index (Phi) is 5.67. The van der Waals surface area contributed by atoms with Crippen molar-refractivity contribution in [1.82, 2.24) is 0 Å². The molecule has 7 nitrogen and oxygen atoms in total. The highest BCUT2D eigenvalue weighted by molar-refractivity contribution is 5.86. The Labute approximate surface area is 115 Å². The van der Waals surface area contributed by atoms with Gasteiger partial charge in [0, 0.05) is 30.9 Å². The van der Waals surface area contributed by atoms with Gasteiger partial charge in [0.05, 0.1) is 11.0 Å². The van der Waals surface area contributed by atoms with Crippen molar-refractivity contribution in [2.75, 3.05) is 13.7 Å². The molecule has 108 valence electrons. The van der Waals surface area contributed by atoms with Gasteiger partial charge in [0.2, 0.25) is 0 Å². The Hall–Kier alpha value is -2.41. The fraction of sp³-hybridized carbons (Fsp3) is 0.308. The Morgan fingerprint density at radius 3 is 2.80 bits per heavy atom. The molecule has 0 aliphatic heterocycles. The van der Waals surface area contributed by atoms with Gasteiger partial charge >= 0.3 is 5.97 Å². The van der Waals surface area contributed by atoms with E-state index in [4.69, 9.17) is 14.6 Å². The molecule has 1 rings (SSSR count). The smallest absolute Gasteiger partial charge is 0.328 e. The van der Waals surface area contributed by atoms with Gasteiger partial charge in [0.25, 0.3) is 5.69 Å². The molecule has 1 N–H and O–H groups in total. The minimum Gasteiger partial charge on any atom is -0.490 e. The fourth-order valence-electron chi connectivity index (χ4n) is 1.35. The number of nitro groups is 1. The SMILES string of the molecule is COC(C)COc1ccc([N+](=O)[O-])cc1/C=C/C(=O)O. The first-order valence-corrected chi connectivity index (χ1v) is 5.79. The molecule has 7 heteroatoms. The molecule has 0 aliphatic rings. The summed E-state index contributed by atoms with van der Waals surface area (Å²) in [7, 11) is 1.54. The highest BCUT2D eigenvalue weighted by Gasteiger charge is 2.11. The Bertz CT molecular complexity index is 526. The number of nitro benzene ring substituents is 1. The zero-order valence-electron chi connectivity index (χ0n) is 11.1. The molecule has 1 aromatic rings. The summed E-state index contributed by atoms with van der Waals surface area (Å²) in [5.74, 6) is -0.787. The topological polar surface area (TPSA) is 98.9 Å². The van der Waals surface area contributed by atoms with E-state index in [9.17, 15) is 14.9 Å². The van der Waals surface area contributed by atoms with Gasteiger partial charge in [-0.2, -0.15) is 0 Å². The van der Waals surface area contributed by atoms with Gasteiger partial charge < -0.3 is 14.6 Å². The molecule has 0 saturated carbocycles. The van der Waals surface area contributed by atoms with Crippen molar-refractivity contribution in [1.29, 1.82) is 0 Å². The maximum Gasteiger partial charge on any atom is 0.328 e. The second-order valence-corrected chi connectivity index (χ2v) is 4.01. The number of nitrogens with zero attached hydrogens (tertiary/aromatic N) is 1. The van der Waals surface area contributed by atoms with E-state index in [0.717, 1.165) is 6.08 Å². The van der Waals surface area contributed by atoms with Crippen LogP contribution in [0.1, 0.15) is 12.5 Å². The zero-order valence-corrected chi connectivity index (χ0v) is 11.1. The van der Waals surface area contributed by atoms with Crippen molar-refractivity contribution in [3.05, 3.63) is 40.0 Å². The molecule has 0 heterocycles. The van der Waals surface area contributed by atoms with Gasteiger partial charge in [0.15, 0.2) is 0 Å². The number of methoxy groups -OCH3 is 1. The molecule has 1 aromatic carbocycles.